The van der Waals surface area contributed by atoms with Gasteiger partial charge >= 0.3 is 0 Å². The number of aromatic nitrogens is 2. The lowest BCUT2D eigenvalue weighted by Gasteiger charge is -2.23. The molecule has 2 fully saturated rings. The van der Waals surface area contributed by atoms with Crippen LogP contribution in [-0.2, 0) is 13.0 Å². The van der Waals surface area contributed by atoms with Gasteiger partial charge in [0.15, 0.2) is 0 Å². The summed E-state index contributed by atoms with van der Waals surface area (Å²) in [5.74, 6) is 0.679. The average molecular weight is 351 g/mol. The zero-order chi connectivity index (χ0) is 18.0. The van der Waals surface area contributed by atoms with E-state index < -0.39 is 0 Å². The quantitative estimate of drug-likeness (QED) is 0.880. The first-order valence-electron chi connectivity index (χ1n) is 10.1. The number of likely N-dealkylation sites (tertiary alicyclic amines) is 1. The zero-order valence-electron chi connectivity index (χ0n) is 15.8. The Bertz CT molecular complexity index is 803. The van der Waals surface area contributed by atoms with Crippen LogP contribution in [0, 0.1) is 5.41 Å². The SMILES string of the molecule is CCCc1cc(=O)[nH]c(-c2ccc(CN3CCC4(CCCC4)C3)cc2)n1. The van der Waals surface area contributed by atoms with Crippen LogP contribution in [0.5, 0.6) is 0 Å². The van der Waals surface area contributed by atoms with Gasteiger partial charge in [-0.2, -0.15) is 0 Å². The molecule has 4 nitrogen and oxygen atoms in total. The molecule has 1 saturated carbocycles. The number of hydrogen-bond donors (Lipinski definition) is 1. The van der Waals surface area contributed by atoms with Crippen molar-refractivity contribution in [3.8, 4) is 11.4 Å². The van der Waals surface area contributed by atoms with E-state index in [0.29, 0.717) is 11.2 Å². The Morgan fingerprint density at radius 2 is 1.92 bits per heavy atom. The maximum atomic E-state index is 11.9. The molecule has 2 heterocycles. The largest absolute Gasteiger partial charge is 0.307 e. The molecule has 0 unspecified atom stereocenters. The fraction of sp³-hybridized carbons (Fsp3) is 0.545. The summed E-state index contributed by atoms with van der Waals surface area (Å²) in [5.41, 5.74) is 3.76. The second-order valence-electron chi connectivity index (χ2n) is 8.20. The minimum atomic E-state index is -0.0681. The van der Waals surface area contributed by atoms with Gasteiger partial charge in [0.05, 0.1) is 0 Å². The van der Waals surface area contributed by atoms with Crippen molar-refractivity contribution in [3.63, 3.8) is 0 Å². The Hall–Kier alpha value is -1.94. The molecule has 1 aromatic carbocycles. The van der Waals surface area contributed by atoms with E-state index in [1.165, 1.54) is 50.8 Å². The first-order valence-corrected chi connectivity index (χ1v) is 10.1. The van der Waals surface area contributed by atoms with Crippen LogP contribution in [0.25, 0.3) is 11.4 Å². The summed E-state index contributed by atoms with van der Waals surface area (Å²) in [6.07, 6.45) is 8.90. The van der Waals surface area contributed by atoms with Gasteiger partial charge in [0, 0.05) is 30.4 Å². The van der Waals surface area contributed by atoms with Crippen molar-refractivity contribution in [2.24, 2.45) is 5.41 Å². The van der Waals surface area contributed by atoms with Crippen LogP contribution in [0.15, 0.2) is 35.1 Å². The van der Waals surface area contributed by atoms with E-state index in [4.69, 9.17) is 0 Å². The van der Waals surface area contributed by atoms with Crippen LogP contribution < -0.4 is 5.56 Å². The molecule has 1 aliphatic heterocycles. The molecule has 1 N–H and O–H groups in total. The third-order valence-corrected chi connectivity index (χ3v) is 6.12. The second-order valence-corrected chi connectivity index (χ2v) is 8.20. The molecule has 4 heteroatoms. The second kappa shape index (κ2) is 7.36. The van der Waals surface area contributed by atoms with Gasteiger partial charge in [-0.05, 0) is 43.2 Å². The minimum absolute atomic E-state index is 0.0681. The van der Waals surface area contributed by atoms with Crippen LogP contribution in [0.4, 0.5) is 0 Å². The molecule has 4 rings (SSSR count). The molecular formula is C22H29N3O. The summed E-state index contributed by atoms with van der Waals surface area (Å²) < 4.78 is 0. The number of H-pyrrole nitrogens is 1. The van der Waals surface area contributed by atoms with Crippen LogP contribution in [-0.4, -0.2) is 28.0 Å². The van der Waals surface area contributed by atoms with E-state index in [9.17, 15) is 4.79 Å². The number of hydrogen-bond acceptors (Lipinski definition) is 3. The summed E-state index contributed by atoms with van der Waals surface area (Å²) in [6.45, 7) is 5.63. The van der Waals surface area contributed by atoms with Gasteiger partial charge in [0.2, 0.25) is 0 Å². The molecule has 1 aliphatic carbocycles. The molecule has 2 aromatic rings. The third kappa shape index (κ3) is 3.75. The molecular weight excluding hydrogens is 322 g/mol. The predicted molar refractivity (Wildman–Crippen MR) is 105 cm³/mol. The van der Waals surface area contributed by atoms with Crippen LogP contribution in [0.3, 0.4) is 0 Å². The van der Waals surface area contributed by atoms with Crippen molar-refractivity contribution < 1.29 is 0 Å². The van der Waals surface area contributed by atoms with E-state index in [1.54, 1.807) is 6.07 Å². The summed E-state index contributed by atoms with van der Waals surface area (Å²) >= 11 is 0. The van der Waals surface area contributed by atoms with Crippen molar-refractivity contribution in [1.29, 1.82) is 0 Å². The molecule has 138 valence electrons. The highest BCUT2D eigenvalue weighted by Gasteiger charge is 2.39. The molecule has 2 aliphatic rings. The maximum Gasteiger partial charge on any atom is 0.251 e. The Balaban J connectivity index is 1.45. The summed E-state index contributed by atoms with van der Waals surface area (Å²) in [4.78, 5) is 22.0. The minimum Gasteiger partial charge on any atom is -0.307 e. The van der Waals surface area contributed by atoms with Gasteiger partial charge in [-0.25, -0.2) is 4.98 Å². The lowest BCUT2D eigenvalue weighted by molar-refractivity contribution is 0.256. The molecule has 0 atom stereocenters. The van der Waals surface area contributed by atoms with Gasteiger partial charge in [-0.3, -0.25) is 9.69 Å². The van der Waals surface area contributed by atoms with Crippen molar-refractivity contribution >= 4 is 0 Å². The van der Waals surface area contributed by atoms with Crippen LogP contribution >= 0.6 is 0 Å². The molecule has 0 radical (unpaired) electrons. The smallest absolute Gasteiger partial charge is 0.251 e. The van der Waals surface area contributed by atoms with E-state index >= 15 is 0 Å². The normalized spacial score (nSPS) is 19.4. The van der Waals surface area contributed by atoms with Gasteiger partial charge < -0.3 is 4.98 Å². The summed E-state index contributed by atoms with van der Waals surface area (Å²) in [7, 11) is 0. The first kappa shape index (κ1) is 17.5. The lowest BCUT2D eigenvalue weighted by Crippen LogP contribution is -2.24. The Morgan fingerprint density at radius 3 is 2.65 bits per heavy atom. The molecule has 1 aromatic heterocycles. The summed E-state index contributed by atoms with van der Waals surface area (Å²) in [6, 6.07) is 10.1. The molecule has 1 spiro atoms. The van der Waals surface area contributed by atoms with E-state index in [2.05, 4.69) is 46.1 Å². The van der Waals surface area contributed by atoms with Crippen molar-refractivity contribution in [2.45, 2.75) is 58.4 Å². The topological polar surface area (TPSA) is 49.0 Å². The Morgan fingerprint density at radius 1 is 1.15 bits per heavy atom. The van der Waals surface area contributed by atoms with Crippen molar-refractivity contribution in [2.75, 3.05) is 13.1 Å². The zero-order valence-corrected chi connectivity index (χ0v) is 15.8. The number of nitrogens with one attached hydrogen (secondary N) is 1. The highest BCUT2D eigenvalue weighted by Crippen LogP contribution is 2.45. The van der Waals surface area contributed by atoms with Crippen molar-refractivity contribution in [1.82, 2.24) is 14.9 Å². The average Bonchev–Trinajstić information content (AvgIpc) is 3.25. The molecule has 1 saturated heterocycles. The van der Waals surface area contributed by atoms with E-state index in [-0.39, 0.29) is 5.56 Å². The number of aromatic amines is 1. The fourth-order valence-electron chi connectivity index (χ4n) is 4.75. The number of rotatable bonds is 5. The lowest BCUT2D eigenvalue weighted by atomic mass is 9.86. The number of benzene rings is 1. The monoisotopic (exact) mass is 351 g/mol. The van der Waals surface area contributed by atoms with E-state index in [0.717, 1.165) is 30.6 Å². The van der Waals surface area contributed by atoms with Crippen LogP contribution in [0.1, 0.15) is 56.7 Å². The predicted octanol–water partition coefficient (Wildman–Crippen LogP) is 4.16. The maximum absolute atomic E-state index is 11.9. The highest BCUT2D eigenvalue weighted by atomic mass is 16.1. The van der Waals surface area contributed by atoms with Crippen molar-refractivity contribution in [3.05, 3.63) is 51.9 Å². The summed E-state index contributed by atoms with van der Waals surface area (Å²) in [5, 5.41) is 0. The van der Waals surface area contributed by atoms with E-state index in [1.807, 2.05) is 0 Å². The van der Waals surface area contributed by atoms with Gasteiger partial charge in [0.25, 0.3) is 5.56 Å². The standard InChI is InChI=1S/C22H29N3O/c1-2-5-19-14-20(26)24-21(23-19)18-8-6-17(7-9-18)15-25-13-12-22(16-25)10-3-4-11-22/h6-9,14H,2-5,10-13,15-16H2,1H3,(H,23,24,26). The molecule has 0 bridgehead atoms. The van der Waals surface area contributed by atoms with Gasteiger partial charge in [0.1, 0.15) is 5.82 Å². The Kier molecular flexibility index (Phi) is 4.94. The number of nitrogens with zero attached hydrogens (tertiary/aromatic N) is 2. The van der Waals surface area contributed by atoms with Crippen LogP contribution in [0.2, 0.25) is 0 Å². The first-order chi connectivity index (χ1) is 12.7. The fourth-order valence-corrected chi connectivity index (χ4v) is 4.75. The Labute approximate surface area is 155 Å². The molecule has 0 amide bonds. The number of aryl methyl sites for hydroxylation is 1. The van der Waals surface area contributed by atoms with Gasteiger partial charge in [-0.1, -0.05) is 50.5 Å². The highest BCUT2D eigenvalue weighted by molar-refractivity contribution is 5.55. The van der Waals surface area contributed by atoms with Gasteiger partial charge in [-0.15, -0.1) is 0 Å². The molecule has 26 heavy (non-hydrogen) atoms. The third-order valence-electron chi connectivity index (χ3n) is 6.12.